The molecule has 2 amide bonds. The van der Waals surface area contributed by atoms with E-state index < -0.39 is 0 Å². The van der Waals surface area contributed by atoms with Gasteiger partial charge in [-0.15, -0.1) is 0 Å². The minimum atomic E-state index is 0.126. The van der Waals surface area contributed by atoms with Crippen molar-refractivity contribution in [2.75, 3.05) is 19.6 Å². The number of rotatable bonds is 4. The van der Waals surface area contributed by atoms with Crippen molar-refractivity contribution in [1.29, 1.82) is 0 Å². The molecule has 28 heavy (non-hydrogen) atoms. The summed E-state index contributed by atoms with van der Waals surface area (Å²) in [5, 5.41) is 6.93. The molecule has 0 radical (unpaired) electrons. The Balaban J connectivity index is 1.27. The number of aromatic nitrogens is 3. The SMILES string of the molecule is O=C1CCC2(CCN1)CCN(C(=O)CCc1nc(-c3ccncc3)no1)CC2. The first-order valence-corrected chi connectivity index (χ1v) is 9.91. The van der Waals surface area contributed by atoms with Crippen molar-refractivity contribution < 1.29 is 14.1 Å². The number of hydrogen-bond donors (Lipinski definition) is 1. The summed E-state index contributed by atoms with van der Waals surface area (Å²) in [6.45, 7) is 2.28. The van der Waals surface area contributed by atoms with E-state index in [1.165, 1.54) is 0 Å². The lowest BCUT2D eigenvalue weighted by molar-refractivity contribution is -0.134. The van der Waals surface area contributed by atoms with Crippen LogP contribution in [0.4, 0.5) is 0 Å². The third kappa shape index (κ3) is 4.21. The zero-order valence-electron chi connectivity index (χ0n) is 15.9. The molecule has 2 aliphatic heterocycles. The number of piperidine rings is 1. The molecule has 2 saturated heterocycles. The van der Waals surface area contributed by atoms with Crippen LogP contribution in [0.2, 0.25) is 0 Å². The predicted molar refractivity (Wildman–Crippen MR) is 101 cm³/mol. The van der Waals surface area contributed by atoms with Crippen molar-refractivity contribution in [1.82, 2.24) is 25.3 Å². The fourth-order valence-electron chi connectivity index (χ4n) is 4.14. The van der Waals surface area contributed by atoms with Gasteiger partial charge >= 0.3 is 0 Å². The quantitative estimate of drug-likeness (QED) is 0.866. The summed E-state index contributed by atoms with van der Waals surface area (Å²) in [7, 11) is 0. The van der Waals surface area contributed by atoms with Gasteiger partial charge in [-0.25, -0.2) is 0 Å². The summed E-state index contributed by atoms with van der Waals surface area (Å²) in [4.78, 5) is 34.5. The maximum atomic E-state index is 12.6. The highest BCUT2D eigenvalue weighted by Gasteiger charge is 2.37. The Hall–Kier alpha value is -2.77. The van der Waals surface area contributed by atoms with Crippen LogP contribution in [0.25, 0.3) is 11.4 Å². The molecule has 2 aromatic heterocycles. The molecule has 4 heterocycles. The minimum absolute atomic E-state index is 0.126. The van der Waals surface area contributed by atoms with E-state index in [-0.39, 0.29) is 17.2 Å². The normalized spacial score (nSPS) is 19.3. The van der Waals surface area contributed by atoms with Crippen molar-refractivity contribution >= 4 is 11.8 Å². The zero-order chi connectivity index (χ0) is 19.4. The summed E-state index contributed by atoms with van der Waals surface area (Å²) in [6, 6.07) is 3.64. The molecule has 0 aromatic carbocycles. The van der Waals surface area contributed by atoms with Gasteiger partial charge in [0.1, 0.15) is 0 Å². The van der Waals surface area contributed by atoms with Gasteiger partial charge in [0.25, 0.3) is 0 Å². The molecule has 2 aromatic rings. The number of nitrogens with one attached hydrogen (secondary N) is 1. The maximum Gasteiger partial charge on any atom is 0.227 e. The summed E-state index contributed by atoms with van der Waals surface area (Å²) in [6.07, 6.45) is 8.66. The second kappa shape index (κ2) is 8.08. The molecule has 2 aliphatic rings. The monoisotopic (exact) mass is 383 g/mol. The molecule has 8 nitrogen and oxygen atoms in total. The second-order valence-corrected chi connectivity index (χ2v) is 7.73. The molecule has 148 valence electrons. The van der Waals surface area contributed by atoms with E-state index in [0.717, 1.165) is 50.9 Å². The highest BCUT2D eigenvalue weighted by Crippen LogP contribution is 2.40. The van der Waals surface area contributed by atoms with Crippen LogP contribution in [0.5, 0.6) is 0 Å². The number of carbonyl (C=O) groups excluding carboxylic acids is 2. The topological polar surface area (TPSA) is 101 Å². The molecule has 1 N–H and O–H groups in total. The second-order valence-electron chi connectivity index (χ2n) is 7.73. The molecule has 4 rings (SSSR count). The first-order chi connectivity index (χ1) is 13.6. The van der Waals surface area contributed by atoms with Gasteiger partial charge < -0.3 is 14.7 Å². The van der Waals surface area contributed by atoms with Crippen LogP contribution < -0.4 is 5.32 Å². The number of carbonyl (C=O) groups is 2. The van der Waals surface area contributed by atoms with Crippen molar-refractivity contribution in [2.24, 2.45) is 5.41 Å². The van der Waals surface area contributed by atoms with E-state index in [2.05, 4.69) is 20.4 Å². The molecule has 0 unspecified atom stereocenters. The van der Waals surface area contributed by atoms with Crippen molar-refractivity contribution in [3.05, 3.63) is 30.4 Å². The Morgan fingerprint density at radius 2 is 1.96 bits per heavy atom. The largest absolute Gasteiger partial charge is 0.356 e. The van der Waals surface area contributed by atoms with E-state index in [9.17, 15) is 9.59 Å². The van der Waals surface area contributed by atoms with Gasteiger partial charge in [-0.3, -0.25) is 14.6 Å². The van der Waals surface area contributed by atoms with Gasteiger partial charge in [-0.05, 0) is 43.2 Å². The lowest BCUT2D eigenvalue weighted by atomic mass is 9.73. The molecular formula is C20H25N5O3. The van der Waals surface area contributed by atoms with Gasteiger partial charge in [0, 0.05) is 56.9 Å². The van der Waals surface area contributed by atoms with Crippen molar-refractivity contribution in [2.45, 2.75) is 44.9 Å². The van der Waals surface area contributed by atoms with Gasteiger partial charge in [-0.2, -0.15) is 4.98 Å². The fraction of sp³-hybridized carbons (Fsp3) is 0.550. The third-order valence-corrected chi connectivity index (χ3v) is 6.00. The lowest BCUT2D eigenvalue weighted by Gasteiger charge is -2.41. The molecule has 0 saturated carbocycles. The highest BCUT2D eigenvalue weighted by molar-refractivity contribution is 5.77. The first kappa shape index (κ1) is 18.6. The standard InChI is InChI=1S/C20H25N5O3/c26-16-3-6-20(7-12-22-16)8-13-25(14-9-20)18(27)2-1-17-23-19(24-28-17)15-4-10-21-11-5-15/h4-5,10-11H,1-3,6-9,12-14H2,(H,22,26). The Labute approximate surface area is 163 Å². The smallest absolute Gasteiger partial charge is 0.227 e. The molecule has 0 aliphatic carbocycles. The Bertz CT molecular complexity index is 827. The molecule has 2 fully saturated rings. The number of likely N-dealkylation sites (tertiary alicyclic amines) is 1. The first-order valence-electron chi connectivity index (χ1n) is 9.91. The molecular weight excluding hydrogens is 358 g/mol. The third-order valence-electron chi connectivity index (χ3n) is 6.00. The van der Waals surface area contributed by atoms with E-state index in [0.29, 0.717) is 31.0 Å². The predicted octanol–water partition coefficient (Wildman–Crippen LogP) is 1.97. The van der Waals surface area contributed by atoms with E-state index in [4.69, 9.17) is 4.52 Å². The van der Waals surface area contributed by atoms with E-state index in [1.54, 1.807) is 12.4 Å². The van der Waals surface area contributed by atoms with Gasteiger partial charge in [0.2, 0.25) is 23.5 Å². The number of hydrogen-bond acceptors (Lipinski definition) is 6. The number of aryl methyl sites for hydroxylation is 1. The summed E-state index contributed by atoms with van der Waals surface area (Å²) in [5.74, 6) is 1.27. The average molecular weight is 383 g/mol. The number of amides is 2. The van der Waals surface area contributed by atoms with Gasteiger partial charge in [0.15, 0.2) is 0 Å². The molecule has 8 heteroatoms. The van der Waals surface area contributed by atoms with Crippen LogP contribution in [0.3, 0.4) is 0 Å². The van der Waals surface area contributed by atoms with Gasteiger partial charge in [-0.1, -0.05) is 5.16 Å². The number of nitrogens with zero attached hydrogens (tertiary/aromatic N) is 4. The molecule has 1 spiro atoms. The van der Waals surface area contributed by atoms with Crippen LogP contribution in [0.15, 0.2) is 29.0 Å². The van der Waals surface area contributed by atoms with E-state index in [1.807, 2.05) is 17.0 Å². The fourth-order valence-corrected chi connectivity index (χ4v) is 4.14. The summed E-state index contributed by atoms with van der Waals surface area (Å²) < 4.78 is 5.28. The van der Waals surface area contributed by atoms with Crippen LogP contribution in [-0.2, 0) is 16.0 Å². The van der Waals surface area contributed by atoms with Crippen LogP contribution in [-0.4, -0.2) is 51.5 Å². The Morgan fingerprint density at radius 3 is 2.75 bits per heavy atom. The van der Waals surface area contributed by atoms with Crippen LogP contribution >= 0.6 is 0 Å². The van der Waals surface area contributed by atoms with Crippen molar-refractivity contribution in [3.8, 4) is 11.4 Å². The average Bonchev–Trinajstić information content (AvgIpc) is 3.14. The Kier molecular flexibility index (Phi) is 5.36. The van der Waals surface area contributed by atoms with Gasteiger partial charge in [0.05, 0.1) is 0 Å². The summed E-state index contributed by atoms with van der Waals surface area (Å²) >= 11 is 0. The lowest BCUT2D eigenvalue weighted by Crippen LogP contribution is -2.43. The zero-order valence-corrected chi connectivity index (χ0v) is 15.9. The van der Waals surface area contributed by atoms with E-state index >= 15 is 0 Å². The van der Waals surface area contributed by atoms with Crippen LogP contribution in [0.1, 0.15) is 44.4 Å². The van der Waals surface area contributed by atoms with Crippen molar-refractivity contribution in [3.63, 3.8) is 0 Å². The Morgan fingerprint density at radius 1 is 1.18 bits per heavy atom. The summed E-state index contributed by atoms with van der Waals surface area (Å²) in [5.41, 5.74) is 1.05. The molecule has 0 atom stereocenters. The maximum absolute atomic E-state index is 12.6. The molecule has 0 bridgehead atoms. The highest BCUT2D eigenvalue weighted by atomic mass is 16.5. The van der Waals surface area contributed by atoms with Crippen LogP contribution in [0, 0.1) is 5.41 Å². The number of pyridine rings is 1. The minimum Gasteiger partial charge on any atom is -0.356 e.